The molecule has 0 radical (unpaired) electrons. The molecular weight excluding hydrogens is 1640 g/mol. The van der Waals surface area contributed by atoms with Crippen molar-refractivity contribution in [2.45, 2.75) is 78.2 Å². The number of nitrogens with zero attached hydrogens (tertiary/aromatic N) is 13. The van der Waals surface area contributed by atoms with Gasteiger partial charge in [-0.15, -0.1) is 11.3 Å². The number of nitrogens with one attached hydrogen (secondary N) is 11. The topological polar surface area (TPSA) is 450 Å². The van der Waals surface area contributed by atoms with Gasteiger partial charge in [-0.1, -0.05) is 124 Å². The smallest absolute Gasteiger partial charge is 0.274 e. The van der Waals surface area contributed by atoms with Gasteiger partial charge in [0.2, 0.25) is 0 Å². The Morgan fingerprint density at radius 1 is 0.406 bits per heavy atom. The van der Waals surface area contributed by atoms with Crippen LogP contribution in [0.1, 0.15) is 123 Å². The van der Waals surface area contributed by atoms with Crippen LogP contribution < -0.4 is 59.7 Å². The van der Waals surface area contributed by atoms with Crippen LogP contribution >= 0.6 is 11.3 Å². The molecule has 10 aromatic heterocycles. The monoisotopic (exact) mass is 1720 g/mol. The lowest BCUT2D eigenvalue weighted by atomic mass is 9.99. The molecule has 3 amide bonds. The molecule has 9 aromatic carbocycles. The number of para-hydroxylation sites is 3. The van der Waals surface area contributed by atoms with Crippen molar-refractivity contribution in [3.8, 4) is 28.2 Å². The molecule has 19 aromatic rings. The van der Waals surface area contributed by atoms with E-state index in [1.54, 1.807) is 129 Å². The Kier molecular flexibility index (Phi) is 24.4. The van der Waals surface area contributed by atoms with E-state index >= 15 is 0 Å². The molecule has 128 heavy (non-hydrogen) atoms. The molecule has 0 saturated carbocycles. The van der Waals surface area contributed by atoms with Crippen LogP contribution in [0.3, 0.4) is 0 Å². The Bertz CT molecular complexity index is 7550. The molecule has 0 aliphatic rings. The second-order valence-electron chi connectivity index (χ2n) is 29.7. The van der Waals surface area contributed by atoms with Gasteiger partial charge >= 0.3 is 0 Å². The maximum Gasteiger partial charge on any atom is 0.274 e. The number of rotatable bonds is 25. The SMILES string of the molecule is CC[C@H](Nc1nccc2[nH]cnc12)c1nc2cccc(-c3ccc(C(=O)NO)cc3)c2c(=O)n1-c1ccccc1.CC[C@H](Nc1nccc2[nH]cnc12)c1nc2cccc(NCc3ccc(C(=O)NO)c(C)c3)c2c(=O)n1-c1ccccc1.CC[C@H](Nc1nccc2[nH]cnc12)c1nc2cccc(NCc3nc4ccc(C(=O)NO)cc4s3)c2c(=O)n1-c1ccccc1. The van der Waals surface area contributed by atoms with Gasteiger partial charge < -0.3 is 41.5 Å². The minimum absolute atomic E-state index is 0.202. The molecule has 0 unspecified atom stereocenters. The quantitative estimate of drug-likeness (QED) is 0.0187. The molecule has 19 rings (SSSR count). The van der Waals surface area contributed by atoms with Gasteiger partial charge in [0, 0.05) is 53.2 Å². The second-order valence-corrected chi connectivity index (χ2v) is 30.8. The fourth-order valence-electron chi connectivity index (χ4n) is 15.6. The summed E-state index contributed by atoms with van der Waals surface area (Å²) in [4.78, 5) is 135. The first kappa shape index (κ1) is 83.7. The van der Waals surface area contributed by atoms with Crippen molar-refractivity contribution in [3.63, 3.8) is 0 Å². The third kappa shape index (κ3) is 17.0. The molecule has 34 heteroatoms. The fourth-order valence-corrected chi connectivity index (χ4v) is 16.5. The van der Waals surface area contributed by atoms with Gasteiger partial charge in [-0.25, -0.2) is 66.3 Å². The molecule has 638 valence electrons. The van der Waals surface area contributed by atoms with Crippen molar-refractivity contribution in [1.29, 1.82) is 0 Å². The number of anilines is 5. The first-order valence-corrected chi connectivity index (χ1v) is 41.8. The number of hydrogen-bond acceptors (Lipinski definition) is 25. The van der Waals surface area contributed by atoms with E-state index in [2.05, 4.69) is 76.4 Å². The average molecular weight is 1720 g/mol. The number of carbonyl (C=O) groups excluding carboxylic acids is 3. The minimum atomic E-state index is -0.611. The number of fused-ring (bicyclic) bond motifs is 7. The average Bonchev–Trinajstić information content (AvgIpc) is 0.948. The highest BCUT2D eigenvalue weighted by Crippen LogP contribution is 2.36. The van der Waals surface area contributed by atoms with E-state index in [9.17, 15) is 28.8 Å². The first-order chi connectivity index (χ1) is 62.6. The third-order valence-corrected chi connectivity index (χ3v) is 22.8. The lowest BCUT2D eigenvalue weighted by Gasteiger charge is -2.23. The zero-order chi connectivity index (χ0) is 88.5. The molecule has 0 spiro atoms. The maximum atomic E-state index is 14.4. The van der Waals surface area contributed by atoms with Crippen LogP contribution in [0, 0.1) is 6.92 Å². The van der Waals surface area contributed by atoms with Crippen molar-refractivity contribution < 1.29 is 30.0 Å². The summed E-state index contributed by atoms with van der Waals surface area (Å²) < 4.78 is 5.77. The molecular formula is C94H82N24O9S. The molecule has 0 aliphatic heterocycles. The number of imidazole rings is 3. The van der Waals surface area contributed by atoms with E-state index in [-0.39, 0.29) is 34.8 Å². The normalized spacial score (nSPS) is 12.0. The molecule has 0 saturated heterocycles. The highest BCUT2D eigenvalue weighted by molar-refractivity contribution is 7.18. The van der Waals surface area contributed by atoms with E-state index in [0.29, 0.717) is 167 Å². The highest BCUT2D eigenvalue weighted by atomic mass is 32.1. The van der Waals surface area contributed by atoms with Gasteiger partial charge in [0.25, 0.3) is 34.4 Å². The third-order valence-electron chi connectivity index (χ3n) is 21.8. The minimum Gasteiger partial charge on any atom is -0.380 e. The predicted octanol–water partition coefficient (Wildman–Crippen LogP) is 15.8. The Morgan fingerprint density at radius 3 is 1.26 bits per heavy atom. The molecule has 0 bridgehead atoms. The van der Waals surface area contributed by atoms with Crippen molar-refractivity contribution in [2.75, 3.05) is 26.6 Å². The Hall–Kier alpha value is -16.6. The lowest BCUT2D eigenvalue weighted by molar-refractivity contribution is 0.0701. The molecule has 3 atom stereocenters. The number of H-pyrrole nitrogens is 3. The molecule has 14 N–H and O–H groups in total. The number of aryl methyl sites for hydroxylation is 1. The number of amides is 3. The van der Waals surface area contributed by atoms with Gasteiger partial charge in [-0.05, 0) is 170 Å². The summed E-state index contributed by atoms with van der Waals surface area (Å²) in [6.45, 7) is 8.65. The van der Waals surface area contributed by atoms with Crippen LogP contribution in [-0.2, 0) is 13.1 Å². The summed E-state index contributed by atoms with van der Waals surface area (Å²) in [6.07, 6.45) is 11.9. The summed E-state index contributed by atoms with van der Waals surface area (Å²) in [5.41, 5.74) is 18.9. The number of benzene rings is 9. The largest absolute Gasteiger partial charge is 0.380 e. The number of hydrogen-bond donors (Lipinski definition) is 14. The van der Waals surface area contributed by atoms with Crippen molar-refractivity contribution in [2.24, 2.45) is 0 Å². The highest BCUT2D eigenvalue weighted by Gasteiger charge is 2.28. The van der Waals surface area contributed by atoms with Gasteiger partial charge in [0.15, 0.2) is 17.5 Å². The number of pyridine rings is 3. The van der Waals surface area contributed by atoms with Crippen LogP contribution in [-0.4, -0.2) is 112 Å². The van der Waals surface area contributed by atoms with E-state index in [1.807, 2.05) is 191 Å². The Labute approximate surface area is 731 Å². The Balaban J connectivity index is 0.000000135. The van der Waals surface area contributed by atoms with Gasteiger partial charge in [-0.2, -0.15) is 0 Å². The Morgan fingerprint density at radius 2 is 0.820 bits per heavy atom. The summed E-state index contributed by atoms with van der Waals surface area (Å²) in [5.74, 6) is 1.71. The standard InChI is InChI=1S/C32H27N9O3S.C32H30N8O3.C30H25N7O3/c1-2-20(38-29-28-24(13-14-33-29)35-17-36-28)30-39-23-10-6-9-22(27(23)32(43)41(30)19-7-4-3-5-8-19)34-16-26-37-21-12-11-18(31(42)40-44)15-25(21)45-26;1-3-23(37-29-28-26(14-15-33-29)35-18-36-28)30-38-25-11-7-10-24(27(25)32(42)40(30)21-8-5-4-6-9-21)34-17-20-12-13-22(19(2)16-20)31(41)39-43;1-2-22(34-27-26-24(15-16-31-27)32-17-33-26)28-35-23-10-6-9-21(18-11-13-19(14-12-18)29(38)36-40)25(23)30(39)37(28)20-7-4-3-5-8-20/h3-15,17,20,34,44H,2,16H2,1H3,(H,33,38)(H,35,36)(H,40,42);4-16,18,23,34,43H,3,17H2,1-2H3,(H,33,37)(H,35,36)(H,39,41);3-17,22,40H,2H2,1H3,(H,31,34)(H,32,33)(H,36,38)/t20-;23-;22-/m000/s1. The zero-order valence-corrected chi connectivity index (χ0v) is 69.9. The first-order valence-electron chi connectivity index (χ1n) is 41.0. The number of hydroxylamine groups is 3. The number of aromatic amines is 3. The van der Waals surface area contributed by atoms with E-state index in [0.717, 1.165) is 48.5 Å². The second kappa shape index (κ2) is 37.3. The van der Waals surface area contributed by atoms with Crippen LogP contribution in [0.15, 0.2) is 276 Å². The summed E-state index contributed by atoms with van der Waals surface area (Å²) >= 11 is 1.42. The van der Waals surface area contributed by atoms with E-state index in [1.165, 1.54) is 11.3 Å². The summed E-state index contributed by atoms with van der Waals surface area (Å²) in [5, 5.41) is 46.3. The van der Waals surface area contributed by atoms with Crippen LogP contribution in [0.4, 0.5) is 28.8 Å². The van der Waals surface area contributed by atoms with E-state index < -0.39 is 17.7 Å². The van der Waals surface area contributed by atoms with Crippen LogP contribution in [0.2, 0.25) is 0 Å². The van der Waals surface area contributed by atoms with Crippen LogP contribution in [0.25, 0.3) is 104 Å². The number of thiazole rings is 1. The predicted molar refractivity (Wildman–Crippen MR) is 492 cm³/mol. The van der Waals surface area contributed by atoms with Crippen molar-refractivity contribution in [3.05, 3.63) is 343 Å². The van der Waals surface area contributed by atoms with Gasteiger partial charge in [0.1, 0.15) is 39.0 Å². The summed E-state index contributed by atoms with van der Waals surface area (Å²) in [6, 6.07) is 66.6. The number of aromatic nitrogens is 16. The zero-order valence-electron chi connectivity index (χ0n) is 69.1. The summed E-state index contributed by atoms with van der Waals surface area (Å²) in [7, 11) is 0. The van der Waals surface area contributed by atoms with Crippen molar-refractivity contribution in [1.82, 2.24) is 94.9 Å². The van der Waals surface area contributed by atoms with Crippen LogP contribution in [0.5, 0.6) is 0 Å². The fraction of sp³-hybridized carbons (Fsp3) is 0.128. The van der Waals surface area contributed by atoms with Crippen molar-refractivity contribution >= 4 is 134 Å². The number of carbonyl (C=O) groups is 3. The molecule has 33 nitrogen and oxygen atoms in total. The lowest BCUT2D eigenvalue weighted by Crippen LogP contribution is -2.28. The van der Waals surface area contributed by atoms with E-state index in [4.69, 9.17) is 30.6 Å². The van der Waals surface area contributed by atoms with Gasteiger partial charge in [0.05, 0.1) is 120 Å². The van der Waals surface area contributed by atoms with Gasteiger partial charge in [-0.3, -0.25) is 58.1 Å². The molecule has 10 heterocycles. The molecule has 0 aliphatic carbocycles. The maximum absolute atomic E-state index is 14.4. The molecule has 0 fully saturated rings.